The lowest BCUT2D eigenvalue weighted by atomic mass is 10.1. The van der Waals surface area contributed by atoms with Crippen LogP contribution in [-0.4, -0.2) is 30.5 Å². The third-order valence-electron chi connectivity index (χ3n) is 3.62. The minimum atomic E-state index is -0.154. The fourth-order valence-electron chi connectivity index (χ4n) is 2.75. The summed E-state index contributed by atoms with van der Waals surface area (Å²) in [6.45, 7) is 1.12. The van der Waals surface area contributed by atoms with E-state index in [1.807, 2.05) is 12.3 Å². The molecule has 0 unspecified atom stereocenters. The van der Waals surface area contributed by atoms with Crippen molar-refractivity contribution in [3.8, 4) is 0 Å². The van der Waals surface area contributed by atoms with Crippen molar-refractivity contribution in [2.45, 2.75) is 12.3 Å². The fraction of sp³-hybridized carbons (Fsp3) is 0.429. The zero-order valence-corrected chi connectivity index (χ0v) is 10.2. The van der Waals surface area contributed by atoms with Crippen molar-refractivity contribution >= 4 is 10.9 Å². The molecule has 1 saturated carbocycles. The van der Waals surface area contributed by atoms with E-state index in [1.54, 1.807) is 6.07 Å². The molecule has 1 aromatic carbocycles. The standard InChI is InChI=1S/C14H17FN2/c1-17(2)8-9-6-11(9)12-7-16-14-10(12)4-3-5-13(14)15/h3-5,7,9,11,16H,6,8H2,1-2H3/t9-,11+/m1/s1. The van der Waals surface area contributed by atoms with Gasteiger partial charge >= 0.3 is 0 Å². The Balaban J connectivity index is 1.90. The van der Waals surface area contributed by atoms with Crippen LogP contribution < -0.4 is 0 Å². The summed E-state index contributed by atoms with van der Waals surface area (Å²) in [5.74, 6) is 1.18. The number of hydrogen-bond acceptors (Lipinski definition) is 1. The van der Waals surface area contributed by atoms with Gasteiger partial charge in [-0.1, -0.05) is 12.1 Å². The molecule has 1 fully saturated rings. The Bertz CT molecular complexity index is 544. The van der Waals surface area contributed by atoms with E-state index in [1.165, 1.54) is 18.1 Å². The van der Waals surface area contributed by atoms with Crippen LogP contribution in [0.25, 0.3) is 10.9 Å². The molecule has 0 radical (unpaired) electrons. The van der Waals surface area contributed by atoms with Crippen LogP contribution in [-0.2, 0) is 0 Å². The molecule has 17 heavy (non-hydrogen) atoms. The number of rotatable bonds is 3. The van der Waals surface area contributed by atoms with Gasteiger partial charge in [0.05, 0.1) is 5.52 Å². The molecule has 2 nitrogen and oxygen atoms in total. The Kier molecular flexibility index (Phi) is 2.44. The van der Waals surface area contributed by atoms with E-state index in [0.717, 1.165) is 17.8 Å². The summed E-state index contributed by atoms with van der Waals surface area (Å²) in [5, 5.41) is 1.05. The number of benzene rings is 1. The highest BCUT2D eigenvalue weighted by atomic mass is 19.1. The number of para-hydroxylation sites is 1. The molecule has 1 aromatic heterocycles. The first-order chi connectivity index (χ1) is 8.16. The number of nitrogens with zero attached hydrogens (tertiary/aromatic N) is 1. The van der Waals surface area contributed by atoms with Crippen molar-refractivity contribution in [2.24, 2.45) is 5.92 Å². The second-order valence-electron chi connectivity index (χ2n) is 5.27. The van der Waals surface area contributed by atoms with E-state index in [9.17, 15) is 4.39 Å². The first-order valence-corrected chi connectivity index (χ1v) is 6.07. The number of aromatic nitrogens is 1. The van der Waals surface area contributed by atoms with Crippen molar-refractivity contribution in [2.75, 3.05) is 20.6 Å². The van der Waals surface area contributed by atoms with E-state index >= 15 is 0 Å². The number of nitrogens with one attached hydrogen (secondary N) is 1. The van der Waals surface area contributed by atoms with Gasteiger partial charge in [-0.15, -0.1) is 0 Å². The zero-order valence-electron chi connectivity index (χ0n) is 10.2. The van der Waals surface area contributed by atoms with Gasteiger partial charge in [0.15, 0.2) is 0 Å². The van der Waals surface area contributed by atoms with Crippen molar-refractivity contribution in [1.29, 1.82) is 0 Å². The topological polar surface area (TPSA) is 19.0 Å². The predicted molar refractivity (Wildman–Crippen MR) is 67.7 cm³/mol. The minimum absolute atomic E-state index is 0.154. The van der Waals surface area contributed by atoms with Gasteiger partial charge in [0.1, 0.15) is 5.82 Å². The lowest BCUT2D eigenvalue weighted by Crippen LogP contribution is -2.15. The van der Waals surface area contributed by atoms with E-state index in [-0.39, 0.29) is 5.82 Å². The molecular weight excluding hydrogens is 215 g/mol. The largest absolute Gasteiger partial charge is 0.359 e. The van der Waals surface area contributed by atoms with Crippen LogP contribution in [0.15, 0.2) is 24.4 Å². The number of aromatic amines is 1. The molecular formula is C14H17FN2. The third-order valence-corrected chi connectivity index (χ3v) is 3.62. The summed E-state index contributed by atoms with van der Waals surface area (Å²) >= 11 is 0. The molecule has 2 aromatic rings. The van der Waals surface area contributed by atoms with Gasteiger partial charge in [-0.2, -0.15) is 0 Å². The van der Waals surface area contributed by atoms with Crippen LogP contribution in [0.1, 0.15) is 17.9 Å². The summed E-state index contributed by atoms with van der Waals surface area (Å²) in [6, 6.07) is 5.31. The molecule has 1 aliphatic carbocycles. The Morgan fingerprint density at radius 1 is 1.41 bits per heavy atom. The van der Waals surface area contributed by atoms with Gasteiger partial charge in [-0.25, -0.2) is 4.39 Å². The maximum absolute atomic E-state index is 13.6. The van der Waals surface area contributed by atoms with E-state index in [0.29, 0.717) is 11.4 Å². The second kappa shape index (κ2) is 3.84. The average Bonchev–Trinajstić information content (AvgIpc) is 2.88. The SMILES string of the molecule is CN(C)C[C@H]1C[C@@H]1c1c[nH]c2c(F)cccc12. The minimum Gasteiger partial charge on any atom is -0.359 e. The summed E-state index contributed by atoms with van der Waals surface area (Å²) < 4.78 is 13.6. The molecule has 1 aliphatic rings. The summed E-state index contributed by atoms with van der Waals surface area (Å²) in [4.78, 5) is 5.29. The molecule has 1 N–H and O–H groups in total. The molecule has 0 bridgehead atoms. The van der Waals surface area contributed by atoms with E-state index < -0.39 is 0 Å². The molecule has 3 rings (SSSR count). The Morgan fingerprint density at radius 2 is 2.24 bits per heavy atom. The molecule has 1 heterocycles. The van der Waals surface area contributed by atoms with Gasteiger partial charge in [0.2, 0.25) is 0 Å². The third kappa shape index (κ3) is 1.84. The van der Waals surface area contributed by atoms with Crippen molar-refractivity contribution in [3.63, 3.8) is 0 Å². The summed E-state index contributed by atoms with van der Waals surface area (Å²) in [7, 11) is 4.20. The van der Waals surface area contributed by atoms with Gasteiger partial charge < -0.3 is 9.88 Å². The highest BCUT2D eigenvalue weighted by molar-refractivity contribution is 5.84. The van der Waals surface area contributed by atoms with Gasteiger partial charge in [0.25, 0.3) is 0 Å². The Hall–Kier alpha value is -1.35. The van der Waals surface area contributed by atoms with Gasteiger partial charge in [-0.05, 0) is 44.0 Å². The molecule has 90 valence electrons. The highest BCUT2D eigenvalue weighted by Gasteiger charge is 2.39. The summed E-state index contributed by atoms with van der Waals surface area (Å²) in [5.41, 5.74) is 1.93. The monoisotopic (exact) mass is 232 g/mol. The smallest absolute Gasteiger partial charge is 0.147 e. The maximum atomic E-state index is 13.6. The lowest BCUT2D eigenvalue weighted by molar-refractivity contribution is 0.385. The van der Waals surface area contributed by atoms with Crippen molar-refractivity contribution in [3.05, 3.63) is 35.8 Å². The normalized spacial score (nSPS) is 23.5. The lowest BCUT2D eigenvalue weighted by Gasteiger charge is -2.08. The van der Waals surface area contributed by atoms with Crippen LogP contribution in [0.2, 0.25) is 0 Å². The predicted octanol–water partition coefficient (Wildman–Crippen LogP) is 2.97. The number of fused-ring (bicyclic) bond motifs is 1. The second-order valence-corrected chi connectivity index (χ2v) is 5.27. The molecule has 0 amide bonds. The van der Waals surface area contributed by atoms with Gasteiger partial charge in [-0.3, -0.25) is 0 Å². The quantitative estimate of drug-likeness (QED) is 0.862. The van der Waals surface area contributed by atoms with Crippen molar-refractivity contribution in [1.82, 2.24) is 9.88 Å². The Labute approximate surface area is 100 Å². The highest BCUT2D eigenvalue weighted by Crippen LogP contribution is 2.49. The first-order valence-electron chi connectivity index (χ1n) is 6.07. The van der Waals surface area contributed by atoms with Crippen LogP contribution in [0, 0.1) is 11.7 Å². The van der Waals surface area contributed by atoms with Crippen LogP contribution in [0.4, 0.5) is 4.39 Å². The van der Waals surface area contributed by atoms with Crippen molar-refractivity contribution < 1.29 is 4.39 Å². The molecule has 0 spiro atoms. The number of H-pyrrole nitrogens is 1. The zero-order chi connectivity index (χ0) is 12.0. The summed E-state index contributed by atoms with van der Waals surface area (Å²) in [6.07, 6.45) is 3.20. The molecule has 0 saturated heterocycles. The fourth-order valence-corrected chi connectivity index (χ4v) is 2.75. The number of halogens is 1. The number of hydrogen-bond donors (Lipinski definition) is 1. The van der Waals surface area contributed by atoms with Crippen LogP contribution in [0.3, 0.4) is 0 Å². The molecule has 2 atom stereocenters. The molecule has 0 aliphatic heterocycles. The maximum Gasteiger partial charge on any atom is 0.147 e. The van der Waals surface area contributed by atoms with E-state index in [2.05, 4.69) is 24.0 Å². The van der Waals surface area contributed by atoms with E-state index in [4.69, 9.17) is 0 Å². The van der Waals surface area contributed by atoms with Crippen LogP contribution in [0.5, 0.6) is 0 Å². The van der Waals surface area contributed by atoms with Crippen LogP contribution >= 0.6 is 0 Å². The molecule has 3 heteroatoms. The van der Waals surface area contributed by atoms with Gasteiger partial charge in [0, 0.05) is 18.1 Å². The average molecular weight is 232 g/mol. The first kappa shape index (κ1) is 10.8. The Morgan fingerprint density at radius 3 is 3.00 bits per heavy atom.